The SMILES string of the molecule is CC1(C)OCC(CO)O1.CC1(C)OC[C@@H](COc2ncccc2C(=O)O)O1.O=C(O)c1cccnc1Br. The molecule has 2 atom stereocenters. The number of rotatable bonds is 6. The van der Waals surface area contributed by atoms with E-state index in [0.29, 0.717) is 17.8 Å². The van der Waals surface area contributed by atoms with Crippen molar-refractivity contribution in [1.82, 2.24) is 9.97 Å². The van der Waals surface area contributed by atoms with Gasteiger partial charge in [0.25, 0.3) is 0 Å². The van der Waals surface area contributed by atoms with Gasteiger partial charge in [0.2, 0.25) is 5.88 Å². The summed E-state index contributed by atoms with van der Waals surface area (Å²) in [6.07, 6.45) is 2.66. The van der Waals surface area contributed by atoms with E-state index in [4.69, 9.17) is 39.0 Å². The highest BCUT2D eigenvalue weighted by atomic mass is 79.9. The molecular weight excluding hydrogens is 556 g/mol. The zero-order valence-electron chi connectivity index (χ0n) is 20.9. The van der Waals surface area contributed by atoms with Crippen molar-refractivity contribution in [2.45, 2.75) is 51.5 Å². The van der Waals surface area contributed by atoms with Crippen molar-refractivity contribution in [3.8, 4) is 5.88 Å². The first-order valence-corrected chi connectivity index (χ1v) is 12.0. The lowest BCUT2D eigenvalue weighted by molar-refractivity contribution is -0.142. The van der Waals surface area contributed by atoms with Gasteiger partial charge in [-0.25, -0.2) is 19.6 Å². The van der Waals surface area contributed by atoms with Gasteiger partial charge in [-0.05, 0) is 67.9 Å². The predicted molar refractivity (Wildman–Crippen MR) is 132 cm³/mol. The third kappa shape index (κ3) is 10.3. The summed E-state index contributed by atoms with van der Waals surface area (Å²) < 4.78 is 27.1. The lowest BCUT2D eigenvalue weighted by atomic mass is 10.3. The minimum absolute atomic E-state index is 0.0377. The van der Waals surface area contributed by atoms with Gasteiger partial charge in [0.05, 0.1) is 25.4 Å². The number of pyridine rings is 2. The first-order valence-electron chi connectivity index (χ1n) is 11.2. The van der Waals surface area contributed by atoms with Crippen LogP contribution in [-0.4, -0.2) is 87.4 Å². The van der Waals surface area contributed by atoms with E-state index in [1.807, 2.05) is 27.7 Å². The Bertz CT molecular complexity index is 1050. The Balaban J connectivity index is 0.000000214. The molecule has 37 heavy (non-hydrogen) atoms. The molecule has 13 heteroatoms. The number of carboxylic acids is 2. The normalized spacial score (nSPS) is 21.1. The molecule has 0 amide bonds. The Hall–Kier alpha value is -2.68. The predicted octanol–water partition coefficient (Wildman–Crippen LogP) is 2.98. The number of carboxylic acid groups (broad SMARTS) is 2. The molecule has 2 fully saturated rings. The number of carbonyl (C=O) groups is 2. The number of halogens is 1. The van der Waals surface area contributed by atoms with Crippen LogP contribution in [0, 0.1) is 0 Å². The van der Waals surface area contributed by atoms with Crippen LogP contribution in [0.3, 0.4) is 0 Å². The summed E-state index contributed by atoms with van der Waals surface area (Å²) in [4.78, 5) is 28.9. The van der Waals surface area contributed by atoms with E-state index >= 15 is 0 Å². The fourth-order valence-corrected chi connectivity index (χ4v) is 3.50. The van der Waals surface area contributed by atoms with Gasteiger partial charge in [0.15, 0.2) is 11.6 Å². The highest BCUT2D eigenvalue weighted by Crippen LogP contribution is 2.23. The number of aliphatic hydroxyl groups excluding tert-OH is 1. The molecule has 1 unspecified atom stereocenters. The first-order chi connectivity index (χ1) is 17.3. The monoisotopic (exact) mass is 586 g/mol. The van der Waals surface area contributed by atoms with Gasteiger partial charge in [-0.15, -0.1) is 0 Å². The van der Waals surface area contributed by atoms with E-state index in [0.717, 1.165) is 0 Å². The Labute approximate surface area is 222 Å². The summed E-state index contributed by atoms with van der Waals surface area (Å²) >= 11 is 3.00. The quantitative estimate of drug-likeness (QED) is 0.424. The second-order valence-electron chi connectivity index (χ2n) is 8.70. The summed E-state index contributed by atoms with van der Waals surface area (Å²) in [7, 11) is 0. The second-order valence-corrected chi connectivity index (χ2v) is 9.45. The second kappa shape index (κ2) is 13.7. The Morgan fingerprint density at radius 1 is 0.946 bits per heavy atom. The Morgan fingerprint density at radius 2 is 1.46 bits per heavy atom. The fourth-order valence-electron chi connectivity index (χ4n) is 3.08. The summed E-state index contributed by atoms with van der Waals surface area (Å²) in [5.74, 6) is -3.05. The Morgan fingerprint density at radius 3 is 1.86 bits per heavy atom. The molecular formula is C24H31BrN2O10. The molecule has 0 radical (unpaired) electrons. The van der Waals surface area contributed by atoms with Gasteiger partial charge in [-0.1, -0.05) is 0 Å². The number of aromatic carboxylic acids is 2. The van der Waals surface area contributed by atoms with E-state index in [1.165, 1.54) is 24.5 Å². The number of ether oxygens (including phenoxy) is 5. The standard InChI is InChI=1S/C12H15NO5.C6H4BrNO2.C6H12O3/c1-12(2)17-7-8(18-12)6-16-10-9(11(14)15)4-3-5-13-10;7-5-4(6(9)10)2-1-3-8-5;1-6(2)8-4-5(3-7)9-6/h3-5,8H,6-7H2,1-2H3,(H,14,15);1-3H,(H,9,10);5,7H,3-4H2,1-2H3/t8-;;/m1../s1. The van der Waals surface area contributed by atoms with E-state index in [2.05, 4.69) is 25.9 Å². The average Bonchev–Trinajstić information content (AvgIpc) is 3.38. The number of hydrogen-bond acceptors (Lipinski definition) is 10. The third-order valence-corrected chi connectivity index (χ3v) is 5.37. The minimum Gasteiger partial charge on any atom is -0.478 e. The largest absolute Gasteiger partial charge is 0.478 e. The van der Waals surface area contributed by atoms with Crippen molar-refractivity contribution >= 4 is 27.9 Å². The average molecular weight is 587 g/mol. The highest BCUT2D eigenvalue weighted by molar-refractivity contribution is 9.10. The van der Waals surface area contributed by atoms with Crippen LogP contribution in [0.15, 0.2) is 41.3 Å². The van der Waals surface area contributed by atoms with Crippen molar-refractivity contribution in [3.05, 3.63) is 52.4 Å². The lowest BCUT2D eigenvalue weighted by Gasteiger charge is -2.17. The van der Waals surface area contributed by atoms with Crippen molar-refractivity contribution in [2.75, 3.05) is 26.4 Å². The molecule has 0 aliphatic carbocycles. The molecule has 2 aliphatic rings. The van der Waals surface area contributed by atoms with Gasteiger partial charge in [0.1, 0.15) is 29.0 Å². The van der Waals surface area contributed by atoms with Gasteiger partial charge < -0.3 is 39.0 Å². The van der Waals surface area contributed by atoms with Crippen LogP contribution in [0.5, 0.6) is 5.88 Å². The van der Waals surface area contributed by atoms with E-state index in [1.54, 1.807) is 12.1 Å². The van der Waals surface area contributed by atoms with Crippen LogP contribution < -0.4 is 4.74 Å². The van der Waals surface area contributed by atoms with Crippen LogP contribution in [-0.2, 0) is 18.9 Å². The molecule has 0 bridgehead atoms. The van der Waals surface area contributed by atoms with Gasteiger partial charge in [-0.2, -0.15) is 0 Å². The number of aliphatic hydroxyl groups is 1. The van der Waals surface area contributed by atoms with Gasteiger partial charge in [0, 0.05) is 12.4 Å². The van der Waals surface area contributed by atoms with Crippen LogP contribution in [0.25, 0.3) is 0 Å². The van der Waals surface area contributed by atoms with Crippen molar-refractivity contribution < 1.29 is 48.6 Å². The molecule has 2 saturated heterocycles. The molecule has 4 rings (SSSR count). The molecule has 12 nitrogen and oxygen atoms in total. The minimum atomic E-state index is -1.07. The first kappa shape index (κ1) is 30.5. The van der Waals surface area contributed by atoms with Gasteiger partial charge in [-0.3, -0.25) is 0 Å². The lowest BCUT2D eigenvalue weighted by Crippen LogP contribution is -2.25. The highest BCUT2D eigenvalue weighted by Gasteiger charge is 2.33. The number of nitrogens with zero attached hydrogens (tertiary/aromatic N) is 2. The van der Waals surface area contributed by atoms with Crippen LogP contribution >= 0.6 is 15.9 Å². The van der Waals surface area contributed by atoms with Crippen molar-refractivity contribution in [2.24, 2.45) is 0 Å². The van der Waals surface area contributed by atoms with E-state index in [9.17, 15) is 9.59 Å². The molecule has 204 valence electrons. The Kier molecular flexibility index (Phi) is 11.3. The maximum atomic E-state index is 10.9. The third-order valence-electron chi connectivity index (χ3n) is 4.74. The fraction of sp³-hybridized carbons (Fsp3) is 0.500. The summed E-state index contributed by atoms with van der Waals surface area (Å²) in [5.41, 5.74) is 0.221. The molecule has 0 spiro atoms. The van der Waals surface area contributed by atoms with Crippen LogP contribution in [0.2, 0.25) is 0 Å². The molecule has 0 saturated carbocycles. The van der Waals surface area contributed by atoms with E-state index < -0.39 is 23.5 Å². The maximum Gasteiger partial charge on any atom is 0.341 e. The van der Waals surface area contributed by atoms with Crippen molar-refractivity contribution in [1.29, 1.82) is 0 Å². The van der Waals surface area contributed by atoms with Crippen LogP contribution in [0.4, 0.5) is 0 Å². The maximum absolute atomic E-state index is 10.9. The van der Waals surface area contributed by atoms with E-state index in [-0.39, 0.29) is 42.4 Å². The molecule has 2 aromatic heterocycles. The molecule has 3 N–H and O–H groups in total. The number of aromatic nitrogens is 2. The van der Waals surface area contributed by atoms with Crippen LogP contribution in [0.1, 0.15) is 48.4 Å². The summed E-state index contributed by atoms with van der Waals surface area (Å²) in [6.45, 7) is 8.48. The van der Waals surface area contributed by atoms with Crippen molar-refractivity contribution in [3.63, 3.8) is 0 Å². The molecule has 4 heterocycles. The summed E-state index contributed by atoms with van der Waals surface area (Å²) in [6, 6.07) is 6.06. The smallest absolute Gasteiger partial charge is 0.341 e. The molecule has 0 aromatic carbocycles. The number of hydrogen-bond donors (Lipinski definition) is 3. The zero-order chi connectivity index (χ0) is 27.6. The van der Waals surface area contributed by atoms with Gasteiger partial charge >= 0.3 is 11.9 Å². The molecule has 2 aromatic rings. The topological polar surface area (TPSA) is 167 Å². The summed E-state index contributed by atoms with van der Waals surface area (Å²) in [5, 5.41) is 26.1. The zero-order valence-corrected chi connectivity index (χ0v) is 22.5. The molecule has 2 aliphatic heterocycles.